The van der Waals surface area contributed by atoms with Crippen LogP contribution in [0.3, 0.4) is 0 Å². The number of cyclic esters (lactones) is 1. The summed E-state index contributed by atoms with van der Waals surface area (Å²) in [7, 11) is 0. The topological polar surface area (TPSA) is 52.3 Å². The predicted molar refractivity (Wildman–Crippen MR) is 46.5 cm³/mol. The Morgan fingerprint density at radius 2 is 2.33 bits per heavy atom. The number of hydrogen-bond donors (Lipinski definition) is 1. The minimum absolute atomic E-state index is 0.0245. The molecule has 0 amide bonds. The molecule has 12 heavy (non-hydrogen) atoms. The van der Waals surface area contributed by atoms with Crippen molar-refractivity contribution in [3.63, 3.8) is 0 Å². The Labute approximate surface area is 73.3 Å². The van der Waals surface area contributed by atoms with Crippen molar-refractivity contribution in [3.05, 3.63) is 0 Å². The molecule has 0 aromatic carbocycles. The molecule has 2 unspecified atom stereocenters. The van der Waals surface area contributed by atoms with Crippen LogP contribution in [0.25, 0.3) is 0 Å². The van der Waals surface area contributed by atoms with Crippen molar-refractivity contribution >= 4 is 5.97 Å². The fraction of sp³-hybridized carbons (Fsp3) is 0.889. The molecule has 0 bridgehead atoms. The number of nitrogens with two attached hydrogens (primary N) is 1. The van der Waals surface area contributed by atoms with E-state index in [-0.39, 0.29) is 18.1 Å². The average Bonchev–Trinajstić information content (AvgIpc) is 2.34. The van der Waals surface area contributed by atoms with Gasteiger partial charge in [0.1, 0.15) is 6.10 Å². The Morgan fingerprint density at radius 1 is 1.67 bits per heavy atom. The van der Waals surface area contributed by atoms with Crippen LogP contribution in [-0.2, 0) is 9.53 Å². The number of rotatable bonds is 3. The highest BCUT2D eigenvalue weighted by molar-refractivity contribution is 5.71. The number of ether oxygens (including phenoxy) is 1. The molecule has 1 aliphatic rings. The van der Waals surface area contributed by atoms with Gasteiger partial charge in [-0.3, -0.25) is 4.79 Å². The van der Waals surface area contributed by atoms with Crippen LogP contribution in [0.4, 0.5) is 0 Å². The minimum atomic E-state index is -0.0980. The Morgan fingerprint density at radius 3 is 2.75 bits per heavy atom. The van der Waals surface area contributed by atoms with E-state index in [1.54, 1.807) is 0 Å². The molecule has 0 aromatic rings. The molecule has 0 aromatic heterocycles. The van der Waals surface area contributed by atoms with Crippen LogP contribution in [0.1, 0.15) is 33.1 Å². The zero-order valence-corrected chi connectivity index (χ0v) is 7.75. The normalized spacial score (nSPS) is 26.0. The van der Waals surface area contributed by atoms with E-state index in [2.05, 4.69) is 13.8 Å². The Kier molecular flexibility index (Phi) is 3.09. The maximum atomic E-state index is 10.8. The van der Waals surface area contributed by atoms with Gasteiger partial charge in [0.15, 0.2) is 0 Å². The van der Waals surface area contributed by atoms with Crippen molar-refractivity contribution < 1.29 is 9.53 Å². The minimum Gasteiger partial charge on any atom is -0.461 e. The highest BCUT2D eigenvalue weighted by Crippen LogP contribution is 2.19. The summed E-state index contributed by atoms with van der Waals surface area (Å²) in [6.45, 7) is 4.24. The van der Waals surface area contributed by atoms with E-state index in [1.807, 2.05) is 0 Å². The van der Waals surface area contributed by atoms with Crippen LogP contribution >= 0.6 is 0 Å². The average molecular weight is 171 g/mol. The maximum absolute atomic E-state index is 10.8. The summed E-state index contributed by atoms with van der Waals surface area (Å²) in [4.78, 5) is 10.8. The molecule has 0 saturated carbocycles. The van der Waals surface area contributed by atoms with E-state index in [0.717, 1.165) is 12.8 Å². The highest BCUT2D eigenvalue weighted by Gasteiger charge is 2.28. The molecule has 2 atom stereocenters. The van der Waals surface area contributed by atoms with Crippen LogP contribution in [0, 0.1) is 5.92 Å². The first kappa shape index (κ1) is 9.52. The summed E-state index contributed by atoms with van der Waals surface area (Å²) in [5.41, 5.74) is 5.86. The van der Waals surface area contributed by atoms with E-state index in [1.165, 1.54) is 0 Å². The number of carbonyl (C=O) groups excluding carboxylic acids is 1. The summed E-state index contributed by atoms with van der Waals surface area (Å²) in [6, 6.07) is 0.0245. The molecule has 3 heteroatoms. The lowest BCUT2D eigenvalue weighted by Crippen LogP contribution is -2.35. The molecule has 1 heterocycles. The quantitative estimate of drug-likeness (QED) is 0.646. The summed E-state index contributed by atoms with van der Waals surface area (Å²) < 4.78 is 5.06. The molecular formula is C9H17NO2. The van der Waals surface area contributed by atoms with Gasteiger partial charge in [-0.15, -0.1) is 0 Å². The van der Waals surface area contributed by atoms with Crippen LogP contribution in [0.2, 0.25) is 0 Å². The van der Waals surface area contributed by atoms with E-state index < -0.39 is 0 Å². The third-order valence-corrected chi connectivity index (χ3v) is 2.14. The van der Waals surface area contributed by atoms with Gasteiger partial charge in [-0.05, 0) is 18.8 Å². The van der Waals surface area contributed by atoms with Crippen molar-refractivity contribution in [1.82, 2.24) is 0 Å². The van der Waals surface area contributed by atoms with Crippen LogP contribution in [0.15, 0.2) is 0 Å². The molecule has 0 radical (unpaired) electrons. The third kappa shape index (κ3) is 2.48. The molecule has 1 aliphatic heterocycles. The van der Waals surface area contributed by atoms with Gasteiger partial charge in [-0.25, -0.2) is 0 Å². The van der Waals surface area contributed by atoms with Gasteiger partial charge < -0.3 is 10.5 Å². The second-order valence-corrected chi connectivity index (χ2v) is 3.86. The fourth-order valence-electron chi connectivity index (χ4n) is 1.54. The molecule has 0 spiro atoms. The zero-order valence-electron chi connectivity index (χ0n) is 7.75. The monoisotopic (exact) mass is 171 g/mol. The molecule has 0 aliphatic carbocycles. The molecule has 70 valence electrons. The Balaban J connectivity index is 2.32. The molecule has 1 rings (SSSR count). The van der Waals surface area contributed by atoms with E-state index in [4.69, 9.17) is 10.5 Å². The van der Waals surface area contributed by atoms with Gasteiger partial charge in [-0.1, -0.05) is 13.8 Å². The fourth-order valence-corrected chi connectivity index (χ4v) is 1.54. The third-order valence-electron chi connectivity index (χ3n) is 2.14. The van der Waals surface area contributed by atoms with Crippen molar-refractivity contribution in [2.45, 2.75) is 45.3 Å². The number of esters is 1. The van der Waals surface area contributed by atoms with Crippen molar-refractivity contribution in [3.8, 4) is 0 Å². The lowest BCUT2D eigenvalue weighted by Gasteiger charge is -2.19. The predicted octanol–water partition coefficient (Wildman–Crippen LogP) is 1.07. The van der Waals surface area contributed by atoms with Gasteiger partial charge in [0.05, 0.1) is 0 Å². The van der Waals surface area contributed by atoms with Gasteiger partial charge in [0.2, 0.25) is 0 Å². The highest BCUT2D eigenvalue weighted by atomic mass is 16.5. The smallest absolute Gasteiger partial charge is 0.306 e. The van der Waals surface area contributed by atoms with Crippen molar-refractivity contribution in [1.29, 1.82) is 0 Å². The Bertz CT molecular complexity index is 168. The zero-order chi connectivity index (χ0) is 9.14. The number of carbonyl (C=O) groups is 1. The van der Waals surface area contributed by atoms with Gasteiger partial charge in [-0.2, -0.15) is 0 Å². The van der Waals surface area contributed by atoms with Gasteiger partial charge in [0, 0.05) is 12.5 Å². The molecule has 1 fully saturated rings. The van der Waals surface area contributed by atoms with Crippen LogP contribution in [-0.4, -0.2) is 18.1 Å². The maximum Gasteiger partial charge on any atom is 0.306 e. The summed E-state index contributed by atoms with van der Waals surface area (Å²) in [5.74, 6) is 0.471. The van der Waals surface area contributed by atoms with E-state index in [0.29, 0.717) is 12.3 Å². The SMILES string of the molecule is CC(C)CC(N)C1CCC(=O)O1. The molecule has 1 saturated heterocycles. The number of hydrogen-bond acceptors (Lipinski definition) is 3. The molecule has 3 nitrogen and oxygen atoms in total. The standard InChI is InChI=1S/C9H17NO2/c1-6(2)5-7(10)8-3-4-9(11)12-8/h6-8H,3-5,10H2,1-2H3. The summed E-state index contributed by atoms with van der Waals surface area (Å²) in [6.07, 6.45) is 2.24. The summed E-state index contributed by atoms with van der Waals surface area (Å²) >= 11 is 0. The first-order valence-electron chi connectivity index (χ1n) is 4.54. The van der Waals surface area contributed by atoms with Crippen molar-refractivity contribution in [2.75, 3.05) is 0 Å². The lowest BCUT2D eigenvalue weighted by atomic mass is 9.98. The molecular weight excluding hydrogens is 154 g/mol. The summed E-state index contributed by atoms with van der Waals surface area (Å²) in [5, 5.41) is 0. The molecule has 2 N–H and O–H groups in total. The first-order chi connectivity index (χ1) is 5.59. The second-order valence-electron chi connectivity index (χ2n) is 3.86. The van der Waals surface area contributed by atoms with Gasteiger partial charge >= 0.3 is 5.97 Å². The lowest BCUT2D eigenvalue weighted by molar-refractivity contribution is -0.142. The van der Waals surface area contributed by atoms with Crippen LogP contribution < -0.4 is 5.73 Å². The van der Waals surface area contributed by atoms with Crippen LogP contribution in [0.5, 0.6) is 0 Å². The first-order valence-corrected chi connectivity index (χ1v) is 4.54. The van der Waals surface area contributed by atoms with Gasteiger partial charge in [0.25, 0.3) is 0 Å². The van der Waals surface area contributed by atoms with E-state index >= 15 is 0 Å². The Hall–Kier alpha value is -0.570. The second kappa shape index (κ2) is 3.90. The van der Waals surface area contributed by atoms with Crippen molar-refractivity contribution in [2.24, 2.45) is 11.7 Å². The van der Waals surface area contributed by atoms with E-state index in [9.17, 15) is 4.79 Å². The largest absolute Gasteiger partial charge is 0.461 e.